The van der Waals surface area contributed by atoms with Crippen LogP contribution in [0.5, 0.6) is 5.75 Å². The number of anilines is 1. The van der Waals surface area contributed by atoms with Crippen molar-refractivity contribution in [1.29, 1.82) is 0 Å². The van der Waals surface area contributed by atoms with E-state index in [9.17, 15) is 18.0 Å². The van der Waals surface area contributed by atoms with Crippen LogP contribution in [-0.4, -0.2) is 58.0 Å². The molecule has 0 saturated carbocycles. The number of nitrogens with zero attached hydrogens (tertiary/aromatic N) is 1. The number of alkyl halides is 3. The SMILES string of the molecule is CCOc1ccccc1N1CC[NH+](CC(=O)NCC(F)(F)F)CC1. The standard InChI is InChI=1S/C16H22F3N3O2/c1-2-24-14-6-4-3-5-13(14)22-9-7-21(8-10-22)11-15(23)20-12-16(17,18)19/h3-6H,2,7-12H2,1H3,(H,20,23)/p+1. The van der Waals surface area contributed by atoms with E-state index in [1.54, 1.807) is 0 Å². The molecule has 1 amide bonds. The molecule has 0 atom stereocenters. The molecule has 134 valence electrons. The predicted molar refractivity (Wildman–Crippen MR) is 84.5 cm³/mol. The normalized spacial score (nSPS) is 16.1. The zero-order chi connectivity index (χ0) is 17.6. The Labute approximate surface area is 139 Å². The van der Waals surface area contributed by atoms with Gasteiger partial charge < -0.3 is 19.9 Å². The second kappa shape index (κ2) is 8.23. The summed E-state index contributed by atoms with van der Waals surface area (Å²) < 4.78 is 41.9. The molecule has 1 heterocycles. The summed E-state index contributed by atoms with van der Waals surface area (Å²) in [5, 5.41) is 1.92. The second-order valence-electron chi connectivity index (χ2n) is 5.71. The van der Waals surface area contributed by atoms with Gasteiger partial charge in [0.05, 0.1) is 38.5 Å². The maximum absolute atomic E-state index is 12.1. The Morgan fingerprint density at radius 3 is 2.58 bits per heavy atom. The van der Waals surface area contributed by atoms with Gasteiger partial charge in [-0.05, 0) is 19.1 Å². The molecular weight excluding hydrogens is 323 g/mol. The molecule has 0 aliphatic carbocycles. The fraction of sp³-hybridized carbons (Fsp3) is 0.562. The number of para-hydroxylation sites is 2. The highest BCUT2D eigenvalue weighted by Crippen LogP contribution is 2.27. The van der Waals surface area contributed by atoms with E-state index < -0.39 is 18.6 Å². The number of carbonyl (C=O) groups is 1. The minimum atomic E-state index is -4.37. The van der Waals surface area contributed by atoms with Gasteiger partial charge in [0.2, 0.25) is 0 Å². The number of quaternary nitrogens is 1. The number of halogens is 3. The average molecular weight is 346 g/mol. The lowest BCUT2D eigenvalue weighted by molar-refractivity contribution is -0.892. The van der Waals surface area contributed by atoms with Crippen LogP contribution in [-0.2, 0) is 4.79 Å². The Balaban J connectivity index is 1.82. The van der Waals surface area contributed by atoms with Gasteiger partial charge in [-0.25, -0.2) is 0 Å². The highest BCUT2D eigenvalue weighted by Gasteiger charge is 2.29. The third-order valence-electron chi connectivity index (χ3n) is 3.87. The number of benzene rings is 1. The van der Waals surface area contributed by atoms with Crippen molar-refractivity contribution in [3.8, 4) is 5.75 Å². The van der Waals surface area contributed by atoms with Crippen LogP contribution in [0.4, 0.5) is 18.9 Å². The van der Waals surface area contributed by atoms with E-state index >= 15 is 0 Å². The molecule has 2 rings (SSSR count). The van der Waals surface area contributed by atoms with Gasteiger partial charge in [-0.1, -0.05) is 12.1 Å². The van der Waals surface area contributed by atoms with E-state index in [0.29, 0.717) is 19.7 Å². The molecule has 2 N–H and O–H groups in total. The summed E-state index contributed by atoms with van der Waals surface area (Å²) in [5.74, 6) is 0.261. The van der Waals surface area contributed by atoms with Crippen LogP contribution in [0.3, 0.4) is 0 Å². The van der Waals surface area contributed by atoms with Gasteiger partial charge in [0.1, 0.15) is 12.3 Å². The summed E-state index contributed by atoms with van der Waals surface area (Å²) in [6.45, 7) is 4.15. The number of rotatable bonds is 6. The first-order valence-corrected chi connectivity index (χ1v) is 8.03. The van der Waals surface area contributed by atoms with Crippen molar-refractivity contribution in [3.63, 3.8) is 0 Å². The minimum Gasteiger partial charge on any atom is -0.492 e. The molecule has 0 bridgehead atoms. The quantitative estimate of drug-likeness (QED) is 0.787. The molecule has 8 heteroatoms. The third-order valence-corrected chi connectivity index (χ3v) is 3.87. The molecule has 0 aromatic heterocycles. The minimum absolute atomic E-state index is 0.0665. The molecule has 5 nitrogen and oxygen atoms in total. The molecule has 0 spiro atoms. The Morgan fingerprint density at radius 2 is 1.96 bits per heavy atom. The summed E-state index contributed by atoms with van der Waals surface area (Å²) in [6, 6.07) is 7.78. The lowest BCUT2D eigenvalue weighted by Gasteiger charge is -2.34. The first-order valence-electron chi connectivity index (χ1n) is 8.03. The molecule has 1 aromatic carbocycles. The van der Waals surface area contributed by atoms with Crippen LogP contribution in [0.1, 0.15) is 6.92 Å². The summed E-state index contributed by atoms with van der Waals surface area (Å²) in [6.07, 6.45) is -4.37. The van der Waals surface area contributed by atoms with Crippen LogP contribution < -0.4 is 19.9 Å². The maximum Gasteiger partial charge on any atom is 0.405 e. The molecule has 1 saturated heterocycles. The van der Waals surface area contributed by atoms with Crippen LogP contribution >= 0.6 is 0 Å². The summed E-state index contributed by atoms with van der Waals surface area (Å²) in [5.41, 5.74) is 1.01. The topological polar surface area (TPSA) is 46.0 Å². The van der Waals surface area contributed by atoms with Crippen LogP contribution in [0.25, 0.3) is 0 Å². The lowest BCUT2D eigenvalue weighted by Crippen LogP contribution is -3.16. The van der Waals surface area contributed by atoms with Gasteiger partial charge >= 0.3 is 6.18 Å². The van der Waals surface area contributed by atoms with Gasteiger partial charge in [0, 0.05) is 0 Å². The maximum atomic E-state index is 12.1. The van der Waals surface area contributed by atoms with E-state index in [1.165, 1.54) is 0 Å². The Bertz CT molecular complexity index is 544. The van der Waals surface area contributed by atoms with Crippen molar-refractivity contribution in [2.45, 2.75) is 13.1 Å². The number of ether oxygens (including phenoxy) is 1. The highest BCUT2D eigenvalue weighted by molar-refractivity contribution is 5.76. The summed E-state index contributed by atoms with van der Waals surface area (Å²) in [4.78, 5) is 14.8. The molecular formula is C16H23F3N3O2+. The van der Waals surface area contributed by atoms with E-state index in [0.717, 1.165) is 29.4 Å². The molecule has 24 heavy (non-hydrogen) atoms. The molecule has 1 aromatic rings. The number of amides is 1. The first-order chi connectivity index (χ1) is 11.4. The van der Waals surface area contributed by atoms with E-state index in [1.807, 2.05) is 36.5 Å². The van der Waals surface area contributed by atoms with Gasteiger partial charge in [-0.15, -0.1) is 0 Å². The average Bonchev–Trinajstić information content (AvgIpc) is 2.54. The van der Waals surface area contributed by atoms with Crippen molar-refractivity contribution in [2.24, 2.45) is 0 Å². The first kappa shape index (κ1) is 18.4. The van der Waals surface area contributed by atoms with E-state index in [4.69, 9.17) is 4.74 Å². The molecule has 1 aliphatic heterocycles. The van der Waals surface area contributed by atoms with E-state index in [-0.39, 0.29) is 6.54 Å². The fourth-order valence-corrected chi connectivity index (χ4v) is 2.72. The lowest BCUT2D eigenvalue weighted by atomic mass is 10.2. The fourth-order valence-electron chi connectivity index (χ4n) is 2.72. The van der Waals surface area contributed by atoms with Gasteiger partial charge in [0.25, 0.3) is 5.91 Å². The number of piperazine rings is 1. The zero-order valence-electron chi connectivity index (χ0n) is 13.7. The number of carbonyl (C=O) groups excluding carboxylic acids is 1. The van der Waals surface area contributed by atoms with Crippen LogP contribution in [0.15, 0.2) is 24.3 Å². The van der Waals surface area contributed by atoms with Crippen molar-refractivity contribution >= 4 is 11.6 Å². The Kier molecular flexibility index (Phi) is 6.30. The zero-order valence-corrected chi connectivity index (χ0v) is 13.7. The Hall–Kier alpha value is -1.96. The molecule has 0 unspecified atom stereocenters. The number of hydrogen-bond donors (Lipinski definition) is 2. The highest BCUT2D eigenvalue weighted by atomic mass is 19.4. The van der Waals surface area contributed by atoms with Crippen molar-refractivity contribution < 1.29 is 27.6 Å². The molecule has 1 fully saturated rings. The van der Waals surface area contributed by atoms with E-state index in [2.05, 4.69) is 4.90 Å². The monoisotopic (exact) mass is 346 g/mol. The number of hydrogen-bond acceptors (Lipinski definition) is 3. The van der Waals surface area contributed by atoms with Crippen molar-refractivity contribution in [3.05, 3.63) is 24.3 Å². The third kappa shape index (κ3) is 5.59. The number of nitrogens with one attached hydrogen (secondary N) is 2. The second-order valence-corrected chi connectivity index (χ2v) is 5.71. The van der Waals surface area contributed by atoms with Crippen LogP contribution in [0.2, 0.25) is 0 Å². The Morgan fingerprint density at radius 1 is 1.29 bits per heavy atom. The predicted octanol–water partition coefficient (Wildman–Crippen LogP) is 0.469. The summed E-state index contributed by atoms with van der Waals surface area (Å²) in [7, 11) is 0. The van der Waals surface area contributed by atoms with Crippen LogP contribution in [0, 0.1) is 0 Å². The smallest absolute Gasteiger partial charge is 0.405 e. The molecule has 0 radical (unpaired) electrons. The van der Waals surface area contributed by atoms with Gasteiger partial charge in [-0.2, -0.15) is 13.2 Å². The molecule has 1 aliphatic rings. The van der Waals surface area contributed by atoms with Crippen molar-refractivity contribution in [1.82, 2.24) is 5.32 Å². The largest absolute Gasteiger partial charge is 0.492 e. The van der Waals surface area contributed by atoms with Gasteiger partial charge in [-0.3, -0.25) is 4.79 Å². The summed E-state index contributed by atoms with van der Waals surface area (Å²) >= 11 is 0. The van der Waals surface area contributed by atoms with Crippen molar-refractivity contribution in [2.75, 3.05) is 50.8 Å². The van der Waals surface area contributed by atoms with Gasteiger partial charge in [0.15, 0.2) is 6.54 Å².